The van der Waals surface area contributed by atoms with E-state index in [1.165, 1.54) is 6.07 Å². The molecule has 0 saturated heterocycles. The fourth-order valence-corrected chi connectivity index (χ4v) is 3.75. The Hall–Kier alpha value is -0.990. The van der Waals surface area contributed by atoms with Gasteiger partial charge in [-0.25, -0.2) is 12.8 Å². The largest absolute Gasteiger partial charge is 0.345 e. The first-order chi connectivity index (χ1) is 10.1. The highest BCUT2D eigenvalue weighted by molar-refractivity contribution is 9.10. The van der Waals surface area contributed by atoms with Crippen molar-refractivity contribution in [2.75, 3.05) is 12.8 Å². The number of amides is 1. The smallest absolute Gasteiger partial charge is 0.254 e. The normalized spacial score (nSPS) is 17.9. The lowest BCUT2D eigenvalue weighted by atomic mass is 9.95. The Morgan fingerprint density at radius 3 is 2.55 bits per heavy atom. The minimum absolute atomic E-state index is 0.234. The van der Waals surface area contributed by atoms with E-state index < -0.39 is 32.0 Å². The van der Waals surface area contributed by atoms with E-state index in [0.717, 1.165) is 25.2 Å². The lowest BCUT2D eigenvalue weighted by Crippen LogP contribution is -2.53. The van der Waals surface area contributed by atoms with Crippen LogP contribution < -0.4 is 11.1 Å². The molecule has 8 heteroatoms. The zero-order chi connectivity index (χ0) is 16.7. The summed E-state index contributed by atoms with van der Waals surface area (Å²) in [7, 11) is -3.77. The Morgan fingerprint density at radius 2 is 2.09 bits per heavy atom. The number of hydrogen-bond acceptors (Lipinski definition) is 4. The number of benzene rings is 1. The van der Waals surface area contributed by atoms with Crippen molar-refractivity contribution in [3.05, 3.63) is 28.0 Å². The van der Waals surface area contributed by atoms with Crippen LogP contribution in [0.5, 0.6) is 0 Å². The quantitative estimate of drug-likeness (QED) is 0.799. The van der Waals surface area contributed by atoms with Crippen molar-refractivity contribution in [1.82, 2.24) is 5.32 Å². The lowest BCUT2D eigenvalue weighted by molar-refractivity contribution is 0.0893. The minimum Gasteiger partial charge on any atom is -0.345 e. The zero-order valence-electron chi connectivity index (χ0n) is 12.3. The molecule has 3 N–H and O–H groups in total. The van der Waals surface area contributed by atoms with Crippen molar-refractivity contribution in [3.8, 4) is 0 Å². The number of carbonyl (C=O) groups is 1. The number of nitrogens with two attached hydrogens (primary N) is 1. The summed E-state index contributed by atoms with van der Waals surface area (Å²) in [6.45, 7) is 2.05. The van der Waals surface area contributed by atoms with Gasteiger partial charge in [0.1, 0.15) is 4.90 Å². The maximum atomic E-state index is 14.4. The van der Waals surface area contributed by atoms with Gasteiger partial charge in [-0.05, 0) is 37.8 Å². The van der Waals surface area contributed by atoms with E-state index >= 15 is 0 Å². The van der Waals surface area contributed by atoms with Gasteiger partial charge in [0.2, 0.25) is 0 Å². The molecule has 2 rings (SSSR count). The summed E-state index contributed by atoms with van der Waals surface area (Å²) in [5, 5.41) is 2.75. The van der Waals surface area contributed by atoms with E-state index in [4.69, 9.17) is 5.73 Å². The van der Waals surface area contributed by atoms with Crippen LogP contribution in [-0.2, 0) is 9.84 Å². The van der Waals surface area contributed by atoms with E-state index in [0.29, 0.717) is 4.47 Å². The van der Waals surface area contributed by atoms with Crippen molar-refractivity contribution in [3.63, 3.8) is 0 Å². The average molecular weight is 393 g/mol. The maximum absolute atomic E-state index is 14.4. The highest BCUT2D eigenvalue weighted by Gasteiger charge is 2.42. The predicted octanol–water partition coefficient (Wildman–Crippen LogP) is 1.85. The number of rotatable bonds is 5. The number of sulfone groups is 1. The SMILES string of the molecule is CC(CN)(NC(=O)c1cc(Br)cc(S(C)(=O)=O)c1F)C1CC1. The molecule has 22 heavy (non-hydrogen) atoms. The highest BCUT2D eigenvalue weighted by atomic mass is 79.9. The topological polar surface area (TPSA) is 89.3 Å². The number of hydrogen-bond donors (Lipinski definition) is 2. The van der Waals surface area contributed by atoms with Gasteiger partial charge in [0.25, 0.3) is 5.91 Å². The number of halogens is 2. The fourth-order valence-electron chi connectivity index (χ4n) is 2.37. The van der Waals surface area contributed by atoms with E-state index in [1.807, 2.05) is 6.92 Å². The van der Waals surface area contributed by atoms with Crippen LogP contribution in [-0.4, -0.2) is 32.7 Å². The van der Waals surface area contributed by atoms with Crippen LogP contribution >= 0.6 is 15.9 Å². The maximum Gasteiger partial charge on any atom is 0.254 e. The Morgan fingerprint density at radius 1 is 1.50 bits per heavy atom. The fraction of sp³-hybridized carbons (Fsp3) is 0.500. The summed E-state index contributed by atoms with van der Waals surface area (Å²) in [5.74, 6) is -1.44. The zero-order valence-corrected chi connectivity index (χ0v) is 14.7. The van der Waals surface area contributed by atoms with Gasteiger partial charge < -0.3 is 11.1 Å². The highest BCUT2D eigenvalue weighted by Crippen LogP contribution is 2.39. The van der Waals surface area contributed by atoms with E-state index in [2.05, 4.69) is 21.2 Å². The third-order valence-electron chi connectivity index (χ3n) is 3.95. The van der Waals surface area contributed by atoms with Crippen LogP contribution in [0, 0.1) is 11.7 Å². The third kappa shape index (κ3) is 3.49. The molecule has 1 atom stereocenters. The van der Waals surface area contributed by atoms with Crippen molar-refractivity contribution in [1.29, 1.82) is 0 Å². The van der Waals surface area contributed by atoms with Crippen molar-refractivity contribution >= 4 is 31.7 Å². The standard InChI is InChI=1S/C14H18BrFN2O3S/c1-14(7-17,8-3-4-8)18-13(19)10-5-9(15)6-11(12(10)16)22(2,20)21/h5-6,8H,3-4,7,17H2,1-2H3,(H,18,19). The molecule has 0 aliphatic heterocycles. The molecule has 1 aliphatic carbocycles. The molecule has 122 valence electrons. The van der Waals surface area contributed by atoms with Crippen molar-refractivity contribution < 1.29 is 17.6 Å². The molecule has 1 aromatic rings. The summed E-state index contributed by atoms with van der Waals surface area (Å²) in [6, 6.07) is 2.41. The van der Waals surface area contributed by atoms with Crippen LogP contribution in [0.3, 0.4) is 0 Å². The van der Waals surface area contributed by atoms with Crippen molar-refractivity contribution in [2.24, 2.45) is 11.7 Å². The van der Waals surface area contributed by atoms with Gasteiger partial charge >= 0.3 is 0 Å². The lowest BCUT2D eigenvalue weighted by Gasteiger charge is -2.29. The second-order valence-corrected chi connectivity index (χ2v) is 8.79. The molecule has 0 bridgehead atoms. The monoisotopic (exact) mass is 392 g/mol. The van der Waals surface area contributed by atoms with Crippen LogP contribution in [0.4, 0.5) is 4.39 Å². The first-order valence-electron chi connectivity index (χ1n) is 6.80. The Balaban J connectivity index is 2.40. The second-order valence-electron chi connectivity index (χ2n) is 5.89. The van der Waals surface area contributed by atoms with Gasteiger partial charge in [-0.15, -0.1) is 0 Å². The van der Waals surface area contributed by atoms with Crippen LogP contribution in [0.15, 0.2) is 21.5 Å². The third-order valence-corrected chi connectivity index (χ3v) is 5.50. The molecule has 0 heterocycles. The molecule has 1 aromatic carbocycles. The molecule has 0 spiro atoms. The molecular weight excluding hydrogens is 375 g/mol. The van der Waals surface area contributed by atoms with Crippen LogP contribution in [0.25, 0.3) is 0 Å². The second kappa shape index (κ2) is 5.90. The van der Waals surface area contributed by atoms with Crippen LogP contribution in [0.2, 0.25) is 0 Å². The average Bonchev–Trinajstić information content (AvgIpc) is 3.24. The van der Waals surface area contributed by atoms with Gasteiger partial charge in [0, 0.05) is 17.3 Å². The predicted molar refractivity (Wildman–Crippen MR) is 84.9 cm³/mol. The molecule has 1 amide bonds. The van der Waals surface area contributed by atoms with Gasteiger partial charge in [-0.3, -0.25) is 4.79 Å². The van der Waals surface area contributed by atoms with E-state index in [1.54, 1.807) is 0 Å². The molecule has 0 radical (unpaired) electrons. The summed E-state index contributed by atoms with van der Waals surface area (Å²) in [5.41, 5.74) is 4.80. The Kier molecular flexibility index (Phi) is 4.66. The molecule has 1 aliphatic rings. The summed E-state index contributed by atoms with van der Waals surface area (Å²) < 4.78 is 38.0. The van der Waals surface area contributed by atoms with E-state index in [-0.39, 0.29) is 18.0 Å². The summed E-state index contributed by atoms with van der Waals surface area (Å²) in [4.78, 5) is 11.9. The van der Waals surface area contributed by atoms with Crippen LogP contribution in [0.1, 0.15) is 30.1 Å². The van der Waals surface area contributed by atoms with Gasteiger partial charge in [-0.1, -0.05) is 15.9 Å². The molecule has 0 aromatic heterocycles. The van der Waals surface area contributed by atoms with E-state index in [9.17, 15) is 17.6 Å². The first-order valence-corrected chi connectivity index (χ1v) is 9.48. The molecule has 5 nitrogen and oxygen atoms in total. The first kappa shape index (κ1) is 17.4. The number of carbonyl (C=O) groups excluding carboxylic acids is 1. The molecular formula is C14H18BrFN2O3S. The summed E-state index contributed by atoms with van der Waals surface area (Å²) in [6.07, 6.45) is 2.82. The number of nitrogens with one attached hydrogen (secondary N) is 1. The summed E-state index contributed by atoms with van der Waals surface area (Å²) >= 11 is 3.11. The van der Waals surface area contributed by atoms with Gasteiger partial charge in [-0.2, -0.15) is 0 Å². The Labute approximate surface area is 137 Å². The van der Waals surface area contributed by atoms with Gasteiger partial charge in [0.15, 0.2) is 15.7 Å². The Bertz CT molecular complexity index is 719. The minimum atomic E-state index is -3.77. The molecule has 1 fully saturated rings. The van der Waals surface area contributed by atoms with Gasteiger partial charge in [0.05, 0.1) is 11.1 Å². The van der Waals surface area contributed by atoms with Crippen molar-refractivity contribution in [2.45, 2.75) is 30.2 Å². The molecule has 1 unspecified atom stereocenters. The molecule has 1 saturated carbocycles.